The molecule has 0 aromatic heterocycles. The number of aldehydes is 1. The maximum absolute atomic E-state index is 10.9. The minimum atomic E-state index is -0.750. The number of aliphatic hydroxyl groups is 1. The molecule has 0 spiro atoms. The predicted molar refractivity (Wildman–Crippen MR) is 73.7 cm³/mol. The molecule has 1 atom stereocenters. The topological polar surface area (TPSA) is 65.0 Å². The Labute approximate surface area is 120 Å². The summed E-state index contributed by atoms with van der Waals surface area (Å²) in [7, 11) is 1.58. The molecule has 0 heterocycles. The maximum Gasteiger partial charge on any atom is 0.153 e. The molecule has 0 aliphatic heterocycles. The Morgan fingerprint density at radius 1 is 1.37 bits per heavy atom. The fourth-order valence-corrected chi connectivity index (χ4v) is 1.72. The highest BCUT2D eigenvalue weighted by Gasteiger charge is 2.08. The van der Waals surface area contributed by atoms with Crippen LogP contribution in [0.25, 0.3) is 0 Å². The van der Waals surface area contributed by atoms with E-state index in [2.05, 4.69) is 15.9 Å². The normalized spacial score (nSPS) is 12.2. The van der Waals surface area contributed by atoms with Gasteiger partial charge in [0.05, 0.1) is 25.4 Å². The molecule has 0 bridgehead atoms. The number of ether oxygens (including phenoxy) is 3. The second-order valence-corrected chi connectivity index (χ2v) is 4.75. The van der Waals surface area contributed by atoms with E-state index in [1.54, 1.807) is 25.3 Å². The number of benzene rings is 1. The Balaban J connectivity index is 2.37. The molecule has 0 fully saturated rings. The van der Waals surface area contributed by atoms with Gasteiger partial charge in [0.1, 0.15) is 18.5 Å². The monoisotopic (exact) mass is 332 g/mol. The van der Waals surface area contributed by atoms with Crippen molar-refractivity contribution in [2.75, 3.05) is 33.5 Å². The first-order valence-corrected chi connectivity index (χ1v) is 6.59. The molecule has 1 rings (SSSR count). The molecule has 0 aliphatic rings. The van der Waals surface area contributed by atoms with Crippen LogP contribution in [0.2, 0.25) is 0 Å². The fraction of sp³-hybridized carbons (Fsp3) is 0.462. The molecule has 106 valence electrons. The molecule has 5 nitrogen and oxygen atoms in total. The highest BCUT2D eigenvalue weighted by Crippen LogP contribution is 2.21. The summed E-state index contributed by atoms with van der Waals surface area (Å²) in [6, 6.07) is 5.10. The van der Waals surface area contributed by atoms with Crippen LogP contribution < -0.4 is 4.74 Å². The summed E-state index contributed by atoms with van der Waals surface area (Å²) in [4.78, 5) is 10.9. The molecule has 1 aromatic carbocycles. The lowest BCUT2D eigenvalue weighted by Crippen LogP contribution is -2.24. The van der Waals surface area contributed by atoms with Crippen molar-refractivity contribution in [2.24, 2.45) is 0 Å². The van der Waals surface area contributed by atoms with Crippen LogP contribution in [-0.2, 0) is 9.47 Å². The molecule has 19 heavy (non-hydrogen) atoms. The minimum absolute atomic E-state index is 0.0649. The smallest absolute Gasteiger partial charge is 0.153 e. The van der Waals surface area contributed by atoms with Crippen molar-refractivity contribution < 1.29 is 24.1 Å². The van der Waals surface area contributed by atoms with Gasteiger partial charge in [0.2, 0.25) is 0 Å². The average Bonchev–Trinajstić information content (AvgIpc) is 2.42. The molecule has 0 radical (unpaired) electrons. The molecule has 1 aromatic rings. The van der Waals surface area contributed by atoms with Crippen molar-refractivity contribution in [3.8, 4) is 5.75 Å². The van der Waals surface area contributed by atoms with E-state index < -0.39 is 6.10 Å². The number of methoxy groups -OCH3 is 1. The van der Waals surface area contributed by atoms with Gasteiger partial charge in [0.15, 0.2) is 6.29 Å². The lowest BCUT2D eigenvalue weighted by molar-refractivity contribution is -0.00426. The number of carbonyl (C=O) groups excluding carboxylic acids is 1. The van der Waals surface area contributed by atoms with Gasteiger partial charge in [-0.3, -0.25) is 4.79 Å². The van der Waals surface area contributed by atoms with E-state index in [0.717, 1.165) is 4.47 Å². The van der Waals surface area contributed by atoms with Crippen LogP contribution in [0.4, 0.5) is 0 Å². The third-order valence-electron chi connectivity index (χ3n) is 2.27. The van der Waals surface area contributed by atoms with Gasteiger partial charge >= 0.3 is 0 Å². The highest BCUT2D eigenvalue weighted by molar-refractivity contribution is 9.10. The first kappa shape index (κ1) is 16.1. The number of halogens is 1. The fourth-order valence-electron chi connectivity index (χ4n) is 1.34. The quantitative estimate of drug-likeness (QED) is 0.550. The van der Waals surface area contributed by atoms with E-state index in [4.69, 9.17) is 14.2 Å². The summed E-state index contributed by atoms with van der Waals surface area (Å²) in [6.45, 7) is 1.13. The summed E-state index contributed by atoms with van der Waals surface area (Å²) in [5.41, 5.74) is 0.432. The van der Waals surface area contributed by atoms with Crippen LogP contribution in [0, 0.1) is 0 Å². The summed E-state index contributed by atoms with van der Waals surface area (Å²) < 4.78 is 16.2. The number of hydrogen-bond acceptors (Lipinski definition) is 5. The van der Waals surface area contributed by atoms with Crippen molar-refractivity contribution in [1.29, 1.82) is 0 Å². The minimum Gasteiger partial charge on any atom is -0.490 e. The Hall–Kier alpha value is -0.950. The van der Waals surface area contributed by atoms with E-state index in [1.165, 1.54) is 0 Å². The largest absolute Gasteiger partial charge is 0.490 e. The summed E-state index contributed by atoms with van der Waals surface area (Å²) in [5.74, 6) is 0.439. The number of rotatable bonds is 9. The van der Waals surface area contributed by atoms with Crippen LogP contribution >= 0.6 is 15.9 Å². The van der Waals surface area contributed by atoms with Crippen molar-refractivity contribution in [3.05, 3.63) is 28.2 Å². The standard InChI is InChI=1S/C13H17BrO5/c1-17-4-5-18-8-12(16)9-19-13-3-2-11(14)6-10(13)7-15/h2-3,6-7,12,16H,4-5,8-9H2,1H3. The predicted octanol–water partition coefficient (Wildman–Crippen LogP) is 1.66. The molecule has 0 saturated heterocycles. The van der Waals surface area contributed by atoms with Gasteiger partial charge < -0.3 is 19.3 Å². The van der Waals surface area contributed by atoms with Crippen LogP contribution in [0.3, 0.4) is 0 Å². The second kappa shape index (κ2) is 9.03. The van der Waals surface area contributed by atoms with Gasteiger partial charge in [0.25, 0.3) is 0 Å². The molecule has 0 amide bonds. The van der Waals surface area contributed by atoms with Gasteiger partial charge in [-0.15, -0.1) is 0 Å². The van der Waals surface area contributed by atoms with E-state index >= 15 is 0 Å². The van der Waals surface area contributed by atoms with E-state index in [-0.39, 0.29) is 13.2 Å². The molecule has 0 saturated carbocycles. The van der Waals surface area contributed by atoms with Crippen LogP contribution in [0.5, 0.6) is 5.75 Å². The molecule has 1 N–H and O–H groups in total. The Kier molecular flexibility index (Phi) is 7.66. The zero-order valence-electron chi connectivity index (χ0n) is 10.7. The molecule has 0 aliphatic carbocycles. The molecule has 1 unspecified atom stereocenters. The molecular formula is C13H17BrO5. The summed E-state index contributed by atoms with van der Waals surface area (Å²) >= 11 is 3.27. The SMILES string of the molecule is COCCOCC(O)COc1ccc(Br)cc1C=O. The van der Waals surface area contributed by atoms with E-state index in [9.17, 15) is 9.90 Å². The lowest BCUT2D eigenvalue weighted by Gasteiger charge is -2.13. The van der Waals surface area contributed by atoms with Crippen LogP contribution in [-0.4, -0.2) is 51.0 Å². The zero-order chi connectivity index (χ0) is 14.1. The number of hydrogen-bond donors (Lipinski definition) is 1. The van der Waals surface area contributed by atoms with Crippen molar-refractivity contribution in [2.45, 2.75) is 6.10 Å². The molecular weight excluding hydrogens is 316 g/mol. The van der Waals surface area contributed by atoms with Crippen LogP contribution in [0.15, 0.2) is 22.7 Å². The molecule has 6 heteroatoms. The van der Waals surface area contributed by atoms with Gasteiger partial charge in [-0.1, -0.05) is 15.9 Å². The van der Waals surface area contributed by atoms with E-state index in [0.29, 0.717) is 30.8 Å². The third-order valence-corrected chi connectivity index (χ3v) is 2.77. The Morgan fingerprint density at radius 2 is 2.16 bits per heavy atom. The highest BCUT2D eigenvalue weighted by atomic mass is 79.9. The zero-order valence-corrected chi connectivity index (χ0v) is 12.3. The summed E-state index contributed by atoms with van der Waals surface area (Å²) in [6.07, 6.45) is -0.0401. The maximum atomic E-state index is 10.9. The van der Waals surface area contributed by atoms with Gasteiger partial charge in [0, 0.05) is 11.6 Å². The Bertz CT molecular complexity index is 397. The Morgan fingerprint density at radius 3 is 2.84 bits per heavy atom. The summed E-state index contributed by atoms with van der Waals surface area (Å²) in [5, 5.41) is 9.64. The van der Waals surface area contributed by atoms with Crippen LogP contribution in [0.1, 0.15) is 10.4 Å². The third kappa shape index (κ3) is 6.15. The first-order chi connectivity index (χ1) is 9.17. The average molecular weight is 333 g/mol. The van der Waals surface area contributed by atoms with Crippen molar-refractivity contribution in [1.82, 2.24) is 0 Å². The van der Waals surface area contributed by atoms with Gasteiger partial charge in [-0.2, -0.15) is 0 Å². The lowest BCUT2D eigenvalue weighted by atomic mass is 10.2. The number of carbonyl (C=O) groups is 1. The number of aliphatic hydroxyl groups excluding tert-OH is 1. The van der Waals surface area contributed by atoms with Crippen molar-refractivity contribution >= 4 is 22.2 Å². The van der Waals surface area contributed by atoms with Gasteiger partial charge in [-0.25, -0.2) is 0 Å². The van der Waals surface area contributed by atoms with Crippen molar-refractivity contribution in [3.63, 3.8) is 0 Å². The van der Waals surface area contributed by atoms with E-state index in [1.807, 2.05) is 0 Å². The second-order valence-electron chi connectivity index (χ2n) is 3.83. The first-order valence-electron chi connectivity index (χ1n) is 5.79. The van der Waals surface area contributed by atoms with Gasteiger partial charge in [-0.05, 0) is 18.2 Å².